The number of halogens is 2. The van der Waals surface area contributed by atoms with E-state index in [0.29, 0.717) is 5.15 Å². The maximum Gasteiger partial charge on any atom is 0.162 e. The summed E-state index contributed by atoms with van der Waals surface area (Å²) < 4.78 is 0.817. The van der Waals surface area contributed by atoms with Crippen molar-refractivity contribution >= 4 is 38.9 Å². The Kier molecular flexibility index (Phi) is 4.17. The van der Waals surface area contributed by atoms with Crippen LogP contribution in [0.2, 0.25) is 5.15 Å². The fourth-order valence-electron chi connectivity index (χ4n) is 1.58. The van der Waals surface area contributed by atoms with Crippen LogP contribution < -0.4 is 0 Å². The zero-order valence-corrected chi connectivity index (χ0v) is 12.8. The van der Waals surface area contributed by atoms with Gasteiger partial charge in [0.1, 0.15) is 5.15 Å². The molecule has 0 fully saturated rings. The number of aromatic nitrogens is 2. The minimum atomic E-state index is 0.490. The van der Waals surface area contributed by atoms with Gasteiger partial charge in [0, 0.05) is 10.9 Å². The third-order valence-electron chi connectivity index (χ3n) is 2.46. The summed E-state index contributed by atoms with van der Waals surface area (Å²) in [6.45, 7) is 4.18. The van der Waals surface area contributed by atoms with Crippen molar-refractivity contribution in [3.05, 3.63) is 31.6 Å². The van der Waals surface area contributed by atoms with Gasteiger partial charge in [-0.15, -0.1) is 0 Å². The number of hydrogen-bond donors (Lipinski definition) is 0. The zero-order chi connectivity index (χ0) is 12.4. The van der Waals surface area contributed by atoms with Gasteiger partial charge in [-0.25, -0.2) is 9.97 Å². The highest BCUT2D eigenvalue weighted by Gasteiger charge is 2.13. The van der Waals surface area contributed by atoms with Crippen molar-refractivity contribution in [2.24, 2.45) is 0 Å². The van der Waals surface area contributed by atoms with Gasteiger partial charge >= 0.3 is 0 Å². The molecule has 17 heavy (non-hydrogen) atoms. The van der Waals surface area contributed by atoms with Crippen molar-refractivity contribution < 1.29 is 0 Å². The Morgan fingerprint density at radius 1 is 1.35 bits per heavy atom. The molecule has 0 bridgehead atoms. The lowest BCUT2D eigenvalue weighted by Gasteiger charge is -2.07. The van der Waals surface area contributed by atoms with Crippen LogP contribution in [0.25, 0.3) is 11.4 Å². The van der Waals surface area contributed by atoms with Crippen LogP contribution in [-0.2, 0) is 6.42 Å². The SMILES string of the molecule is CCCc1nc(-c2cscc2C)nc(Cl)c1Br. The smallest absolute Gasteiger partial charge is 0.162 e. The monoisotopic (exact) mass is 330 g/mol. The van der Waals surface area contributed by atoms with Gasteiger partial charge in [-0.05, 0) is 40.2 Å². The molecule has 0 aliphatic heterocycles. The molecule has 5 heteroatoms. The maximum absolute atomic E-state index is 6.13. The molecule has 0 aliphatic rings. The molecule has 0 atom stereocenters. The highest BCUT2D eigenvalue weighted by Crippen LogP contribution is 2.30. The highest BCUT2D eigenvalue weighted by molar-refractivity contribution is 9.10. The van der Waals surface area contributed by atoms with Crippen molar-refractivity contribution in [3.63, 3.8) is 0 Å². The molecule has 0 N–H and O–H groups in total. The Balaban J connectivity index is 2.53. The van der Waals surface area contributed by atoms with E-state index in [0.717, 1.165) is 34.4 Å². The van der Waals surface area contributed by atoms with Crippen molar-refractivity contribution in [3.8, 4) is 11.4 Å². The van der Waals surface area contributed by atoms with E-state index in [2.05, 4.69) is 50.5 Å². The second kappa shape index (κ2) is 5.46. The Bertz CT molecular complexity index is 539. The van der Waals surface area contributed by atoms with Crippen LogP contribution in [0.15, 0.2) is 15.2 Å². The van der Waals surface area contributed by atoms with Crippen LogP contribution in [0.4, 0.5) is 0 Å². The van der Waals surface area contributed by atoms with Gasteiger partial charge in [0.25, 0.3) is 0 Å². The molecule has 2 nitrogen and oxygen atoms in total. The molecule has 2 aromatic heterocycles. The molecule has 2 rings (SSSR count). The summed E-state index contributed by atoms with van der Waals surface area (Å²) in [5.41, 5.74) is 3.24. The van der Waals surface area contributed by atoms with Crippen LogP contribution >= 0.6 is 38.9 Å². The Morgan fingerprint density at radius 2 is 2.12 bits per heavy atom. The predicted octanol–water partition coefficient (Wildman–Crippen LogP) is 4.88. The van der Waals surface area contributed by atoms with E-state index in [4.69, 9.17) is 11.6 Å². The quantitative estimate of drug-likeness (QED) is 0.749. The first-order valence-corrected chi connectivity index (χ1v) is 7.50. The highest BCUT2D eigenvalue weighted by atomic mass is 79.9. The first-order valence-electron chi connectivity index (χ1n) is 5.38. The summed E-state index contributed by atoms with van der Waals surface area (Å²) in [7, 11) is 0. The van der Waals surface area contributed by atoms with E-state index in [1.165, 1.54) is 5.56 Å². The van der Waals surface area contributed by atoms with Crippen LogP contribution in [0.3, 0.4) is 0 Å². The average Bonchev–Trinajstić information content (AvgIpc) is 2.71. The first-order chi connectivity index (χ1) is 8.13. The lowest BCUT2D eigenvalue weighted by molar-refractivity contribution is 0.868. The summed E-state index contributed by atoms with van der Waals surface area (Å²) in [5.74, 6) is 0.723. The van der Waals surface area contributed by atoms with Crippen LogP contribution in [-0.4, -0.2) is 9.97 Å². The molecular weight excluding hydrogens is 320 g/mol. The van der Waals surface area contributed by atoms with Crippen molar-refractivity contribution in [2.75, 3.05) is 0 Å². The molecule has 0 radical (unpaired) electrons. The van der Waals surface area contributed by atoms with E-state index in [1.807, 2.05) is 0 Å². The lowest BCUT2D eigenvalue weighted by atomic mass is 10.2. The Labute approximate surface area is 118 Å². The van der Waals surface area contributed by atoms with Gasteiger partial charge in [-0.3, -0.25) is 0 Å². The molecule has 2 aromatic rings. The summed E-state index contributed by atoms with van der Waals surface area (Å²) in [6.07, 6.45) is 1.94. The average molecular weight is 332 g/mol. The van der Waals surface area contributed by atoms with Gasteiger partial charge in [0.15, 0.2) is 5.82 Å². The normalized spacial score (nSPS) is 10.8. The maximum atomic E-state index is 6.13. The van der Waals surface area contributed by atoms with Gasteiger partial charge < -0.3 is 0 Å². The van der Waals surface area contributed by atoms with Crippen LogP contribution in [0, 0.1) is 6.92 Å². The molecule has 0 aliphatic carbocycles. The fraction of sp³-hybridized carbons (Fsp3) is 0.333. The van der Waals surface area contributed by atoms with Crippen molar-refractivity contribution in [1.82, 2.24) is 9.97 Å². The molecule has 90 valence electrons. The van der Waals surface area contributed by atoms with E-state index >= 15 is 0 Å². The van der Waals surface area contributed by atoms with Gasteiger partial charge in [-0.1, -0.05) is 24.9 Å². The van der Waals surface area contributed by atoms with Gasteiger partial charge in [0.2, 0.25) is 0 Å². The van der Waals surface area contributed by atoms with Crippen LogP contribution in [0.5, 0.6) is 0 Å². The minimum Gasteiger partial charge on any atom is -0.232 e. The molecule has 0 saturated carbocycles. The number of rotatable bonds is 3. The number of nitrogens with zero attached hydrogens (tertiary/aromatic N) is 2. The van der Waals surface area contributed by atoms with Crippen molar-refractivity contribution in [2.45, 2.75) is 26.7 Å². The molecular formula is C12H12BrClN2S. The second-order valence-corrected chi connectivity index (χ2v) is 5.71. The van der Waals surface area contributed by atoms with E-state index in [-0.39, 0.29) is 0 Å². The summed E-state index contributed by atoms with van der Waals surface area (Å²) in [4.78, 5) is 8.92. The number of thiophene rings is 1. The van der Waals surface area contributed by atoms with Crippen LogP contribution in [0.1, 0.15) is 24.6 Å². The van der Waals surface area contributed by atoms with Crippen molar-refractivity contribution in [1.29, 1.82) is 0 Å². The summed E-state index contributed by atoms with van der Waals surface area (Å²) in [6, 6.07) is 0. The molecule has 0 unspecified atom stereocenters. The molecule has 0 amide bonds. The van der Waals surface area contributed by atoms with E-state index < -0.39 is 0 Å². The molecule has 0 saturated heterocycles. The summed E-state index contributed by atoms with van der Waals surface area (Å²) >= 11 is 11.2. The van der Waals surface area contributed by atoms with E-state index in [1.54, 1.807) is 11.3 Å². The zero-order valence-electron chi connectivity index (χ0n) is 9.63. The number of hydrogen-bond acceptors (Lipinski definition) is 3. The number of aryl methyl sites for hydroxylation is 2. The predicted molar refractivity (Wildman–Crippen MR) is 76.8 cm³/mol. The van der Waals surface area contributed by atoms with Gasteiger partial charge in [-0.2, -0.15) is 11.3 Å². The fourth-order valence-corrected chi connectivity index (χ4v) is 2.97. The third kappa shape index (κ3) is 2.69. The van der Waals surface area contributed by atoms with E-state index in [9.17, 15) is 0 Å². The Morgan fingerprint density at radius 3 is 2.71 bits per heavy atom. The van der Waals surface area contributed by atoms with Gasteiger partial charge in [0.05, 0.1) is 10.2 Å². The molecule has 2 heterocycles. The lowest BCUT2D eigenvalue weighted by Crippen LogP contribution is -1.98. The topological polar surface area (TPSA) is 25.8 Å². The first kappa shape index (κ1) is 13.0. The second-order valence-electron chi connectivity index (χ2n) is 3.82. The summed E-state index contributed by atoms with van der Waals surface area (Å²) in [5, 5.41) is 4.64. The standard InChI is InChI=1S/C12H12BrClN2S/c1-3-4-9-10(13)11(14)16-12(15-9)8-6-17-5-7(8)2/h5-6H,3-4H2,1-2H3. The Hall–Kier alpha value is -0.450. The molecule has 0 aromatic carbocycles. The largest absolute Gasteiger partial charge is 0.232 e. The third-order valence-corrected chi connectivity index (χ3v) is 4.66. The minimum absolute atomic E-state index is 0.490. The molecule has 0 spiro atoms.